The second-order valence-corrected chi connectivity index (χ2v) is 7.89. The van der Waals surface area contributed by atoms with Gasteiger partial charge in [0, 0.05) is 57.3 Å². The van der Waals surface area contributed by atoms with Gasteiger partial charge in [-0.15, -0.1) is 0 Å². The monoisotopic (exact) mass is 402 g/mol. The number of hydrogen-bond acceptors (Lipinski definition) is 3. The minimum Gasteiger partial charge on any atom is -0.369 e. The smallest absolute Gasteiger partial charge is 0.191 e. The van der Waals surface area contributed by atoms with Gasteiger partial charge in [0.05, 0.1) is 6.33 Å². The average Bonchev–Trinajstić information content (AvgIpc) is 3.45. The van der Waals surface area contributed by atoms with Crippen LogP contribution in [0.15, 0.2) is 72.2 Å². The summed E-state index contributed by atoms with van der Waals surface area (Å²) in [5, 5.41) is 7.02. The van der Waals surface area contributed by atoms with Gasteiger partial charge in [0.15, 0.2) is 5.96 Å². The van der Waals surface area contributed by atoms with Crippen LogP contribution in [0.5, 0.6) is 0 Å². The lowest BCUT2D eigenvalue weighted by atomic mass is 10.1. The standard InChI is InChI=1S/C24H30N6/c1-19-3-9-23(10-4-19)30-13-11-22(17-30)28-24(25-2)27-15-20-5-7-21(8-6-20)16-29-14-12-26-18-29/h3-10,12,14,18,22H,11,13,15-17H2,1-2H3,(H2,25,27,28). The second kappa shape index (κ2) is 9.48. The molecule has 0 spiro atoms. The molecule has 1 atom stereocenters. The largest absolute Gasteiger partial charge is 0.369 e. The van der Waals surface area contributed by atoms with Crippen LogP contribution < -0.4 is 15.5 Å². The number of guanidine groups is 1. The summed E-state index contributed by atoms with van der Waals surface area (Å²) in [6.07, 6.45) is 6.74. The Morgan fingerprint density at radius 1 is 1.10 bits per heavy atom. The van der Waals surface area contributed by atoms with E-state index in [0.29, 0.717) is 6.04 Å². The Morgan fingerprint density at radius 3 is 2.57 bits per heavy atom. The molecule has 156 valence electrons. The second-order valence-electron chi connectivity index (χ2n) is 7.89. The van der Waals surface area contributed by atoms with Gasteiger partial charge in [0.1, 0.15) is 0 Å². The molecule has 2 heterocycles. The van der Waals surface area contributed by atoms with E-state index in [9.17, 15) is 0 Å². The van der Waals surface area contributed by atoms with E-state index in [2.05, 4.69) is 85.5 Å². The maximum Gasteiger partial charge on any atom is 0.191 e. The van der Waals surface area contributed by atoms with Crippen molar-refractivity contribution in [3.63, 3.8) is 0 Å². The van der Waals surface area contributed by atoms with Crippen molar-refractivity contribution >= 4 is 11.6 Å². The Kier molecular flexibility index (Phi) is 6.32. The third kappa shape index (κ3) is 5.20. The van der Waals surface area contributed by atoms with Crippen molar-refractivity contribution in [3.8, 4) is 0 Å². The highest BCUT2D eigenvalue weighted by atomic mass is 15.2. The summed E-state index contributed by atoms with van der Waals surface area (Å²) in [7, 11) is 1.83. The summed E-state index contributed by atoms with van der Waals surface area (Å²) in [5.74, 6) is 0.855. The quantitative estimate of drug-likeness (QED) is 0.491. The first-order valence-electron chi connectivity index (χ1n) is 10.5. The highest BCUT2D eigenvalue weighted by Gasteiger charge is 2.23. The number of aliphatic imine (C=N–C) groups is 1. The fourth-order valence-electron chi connectivity index (χ4n) is 3.80. The van der Waals surface area contributed by atoms with Crippen LogP contribution in [0.3, 0.4) is 0 Å². The number of hydrogen-bond donors (Lipinski definition) is 2. The SMILES string of the molecule is CN=C(NCc1ccc(Cn2ccnc2)cc1)NC1CCN(c2ccc(C)cc2)C1. The van der Waals surface area contributed by atoms with Gasteiger partial charge in [0.25, 0.3) is 0 Å². The molecular weight excluding hydrogens is 372 g/mol. The zero-order chi connectivity index (χ0) is 20.8. The van der Waals surface area contributed by atoms with E-state index >= 15 is 0 Å². The van der Waals surface area contributed by atoms with Crippen LogP contribution in [-0.4, -0.2) is 41.7 Å². The number of benzene rings is 2. The van der Waals surface area contributed by atoms with E-state index in [-0.39, 0.29) is 0 Å². The first-order chi connectivity index (χ1) is 14.7. The molecule has 0 bridgehead atoms. The van der Waals surface area contributed by atoms with Crippen LogP contribution in [0.2, 0.25) is 0 Å². The Balaban J connectivity index is 1.25. The first-order valence-corrected chi connectivity index (χ1v) is 10.5. The summed E-state index contributed by atoms with van der Waals surface area (Å²) in [6.45, 7) is 5.78. The number of imidazole rings is 1. The van der Waals surface area contributed by atoms with E-state index in [1.165, 1.54) is 22.4 Å². The van der Waals surface area contributed by atoms with Crippen LogP contribution in [0.4, 0.5) is 5.69 Å². The van der Waals surface area contributed by atoms with Gasteiger partial charge < -0.3 is 20.1 Å². The van der Waals surface area contributed by atoms with E-state index < -0.39 is 0 Å². The van der Waals surface area contributed by atoms with Crippen molar-refractivity contribution in [1.29, 1.82) is 0 Å². The fraction of sp³-hybridized carbons (Fsp3) is 0.333. The van der Waals surface area contributed by atoms with E-state index in [4.69, 9.17) is 0 Å². The maximum atomic E-state index is 4.41. The molecule has 1 saturated heterocycles. The first kappa shape index (κ1) is 20.0. The van der Waals surface area contributed by atoms with Crippen molar-refractivity contribution in [2.45, 2.75) is 32.5 Å². The topological polar surface area (TPSA) is 57.5 Å². The molecule has 1 aliphatic heterocycles. The third-order valence-corrected chi connectivity index (χ3v) is 5.56. The third-order valence-electron chi connectivity index (χ3n) is 5.56. The van der Waals surface area contributed by atoms with Gasteiger partial charge in [0.2, 0.25) is 0 Å². The van der Waals surface area contributed by atoms with Gasteiger partial charge in [-0.2, -0.15) is 0 Å². The molecule has 0 saturated carbocycles. The molecular formula is C24H30N6. The summed E-state index contributed by atoms with van der Waals surface area (Å²) >= 11 is 0. The predicted octanol–water partition coefficient (Wildman–Crippen LogP) is 3.18. The molecule has 6 nitrogen and oxygen atoms in total. The highest BCUT2D eigenvalue weighted by Crippen LogP contribution is 2.20. The van der Waals surface area contributed by atoms with Gasteiger partial charge in [-0.25, -0.2) is 4.98 Å². The van der Waals surface area contributed by atoms with Gasteiger partial charge in [-0.05, 0) is 36.6 Å². The number of nitrogens with one attached hydrogen (secondary N) is 2. The molecule has 1 aromatic heterocycles. The zero-order valence-corrected chi connectivity index (χ0v) is 17.8. The summed E-state index contributed by atoms with van der Waals surface area (Å²) in [6, 6.07) is 17.8. The Labute approximate surface area is 178 Å². The zero-order valence-electron chi connectivity index (χ0n) is 17.8. The van der Waals surface area contributed by atoms with Crippen molar-refractivity contribution < 1.29 is 0 Å². The average molecular weight is 403 g/mol. The maximum absolute atomic E-state index is 4.41. The highest BCUT2D eigenvalue weighted by molar-refractivity contribution is 5.80. The lowest BCUT2D eigenvalue weighted by Gasteiger charge is -2.20. The van der Waals surface area contributed by atoms with E-state index in [1.54, 1.807) is 6.20 Å². The Morgan fingerprint density at radius 2 is 1.87 bits per heavy atom. The van der Waals surface area contributed by atoms with Crippen LogP contribution in [0, 0.1) is 6.92 Å². The van der Waals surface area contributed by atoms with Crippen LogP contribution in [0.25, 0.3) is 0 Å². The van der Waals surface area contributed by atoms with E-state index in [1.807, 2.05) is 19.6 Å². The molecule has 0 amide bonds. The molecule has 30 heavy (non-hydrogen) atoms. The number of anilines is 1. The van der Waals surface area contributed by atoms with Crippen LogP contribution >= 0.6 is 0 Å². The summed E-state index contributed by atoms with van der Waals surface area (Å²) in [5.41, 5.74) is 5.09. The molecule has 4 rings (SSSR count). The Hall–Kier alpha value is -3.28. The molecule has 1 unspecified atom stereocenters. The molecule has 1 fully saturated rings. The molecule has 2 N–H and O–H groups in total. The van der Waals surface area contributed by atoms with Crippen LogP contribution in [0.1, 0.15) is 23.1 Å². The van der Waals surface area contributed by atoms with Gasteiger partial charge in [-0.3, -0.25) is 4.99 Å². The molecule has 3 aromatic rings. The van der Waals surface area contributed by atoms with Gasteiger partial charge >= 0.3 is 0 Å². The number of aryl methyl sites for hydroxylation is 1. The molecule has 0 radical (unpaired) electrons. The molecule has 1 aliphatic rings. The summed E-state index contributed by atoms with van der Waals surface area (Å²) < 4.78 is 2.07. The Bertz CT molecular complexity index is 944. The minimum atomic E-state index is 0.398. The number of aromatic nitrogens is 2. The van der Waals surface area contributed by atoms with Crippen molar-refractivity contribution in [2.75, 3.05) is 25.0 Å². The molecule has 6 heteroatoms. The van der Waals surface area contributed by atoms with E-state index in [0.717, 1.165) is 38.6 Å². The molecule has 2 aromatic carbocycles. The lowest BCUT2D eigenvalue weighted by molar-refractivity contribution is 0.648. The number of rotatable bonds is 6. The predicted molar refractivity (Wildman–Crippen MR) is 123 cm³/mol. The molecule has 0 aliphatic carbocycles. The summed E-state index contributed by atoms with van der Waals surface area (Å²) in [4.78, 5) is 10.9. The van der Waals surface area contributed by atoms with Crippen molar-refractivity contribution in [1.82, 2.24) is 20.2 Å². The van der Waals surface area contributed by atoms with Crippen molar-refractivity contribution in [3.05, 3.63) is 83.9 Å². The van der Waals surface area contributed by atoms with Gasteiger partial charge in [-0.1, -0.05) is 42.0 Å². The lowest BCUT2D eigenvalue weighted by Crippen LogP contribution is -2.44. The normalized spacial score (nSPS) is 16.7. The fourth-order valence-corrected chi connectivity index (χ4v) is 3.80. The van der Waals surface area contributed by atoms with Crippen LogP contribution in [-0.2, 0) is 13.1 Å². The minimum absolute atomic E-state index is 0.398. The number of nitrogens with zero attached hydrogens (tertiary/aromatic N) is 4. The van der Waals surface area contributed by atoms with Crippen molar-refractivity contribution in [2.24, 2.45) is 4.99 Å².